The van der Waals surface area contributed by atoms with Gasteiger partial charge in [0.05, 0.1) is 7.11 Å². The van der Waals surface area contributed by atoms with Crippen molar-refractivity contribution >= 4 is 21.9 Å². The molecule has 0 amide bonds. The molecule has 0 aliphatic heterocycles. The van der Waals surface area contributed by atoms with E-state index in [1.165, 1.54) is 5.56 Å². The number of methoxy groups -OCH3 is 1. The highest BCUT2D eigenvalue weighted by atomic mass is 32.1. The molecule has 0 saturated carbocycles. The SMILES string of the molecule is COc1ccc(C(P)CS)cc1. The van der Waals surface area contributed by atoms with Crippen molar-refractivity contribution < 1.29 is 4.74 Å². The van der Waals surface area contributed by atoms with Crippen LogP contribution in [0, 0.1) is 0 Å². The largest absolute Gasteiger partial charge is 0.497 e. The van der Waals surface area contributed by atoms with Crippen molar-refractivity contribution in [2.24, 2.45) is 0 Å². The van der Waals surface area contributed by atoms with Gasteiger partial charge < -0.3 is 4.74 Å². The van der Waals surface area contributed by atoms with Crippen molar-refractivity contribution in [2.45, 2.75) is 5.66 Å². The smallest absolute Gasteiger partial charge is 0.118 e. The number of ether oxygens (including phenoxy) is 1. The second-order valence-corrected chi connectivity index (χ2v) is 3.73. The monoisotopic (exact) mass is 200 g/mol. The third kappa shape index (κ3) is 2.40. The normalized spacial score (nSPS) is 12.6. The fraction of sp³-hybridized carbons (Fsp3) is 0.333. The molecule has 0 bridgehead atoms. The Morgan fingerprint density at radius 2 is 2.00 bits per heavy atom. The van der Waals surface area contributed by atoms with E-state index in [1.54, 1.807) is 7.11 Å². The molecule has 1 aromatic carbocycles. The lowest BCUT2D eigenvalue weighted by Gasteiger charge is -2.08. The van der Waals surface area contributed by atoms with Gasteiger partial charge in [-0.15, -0.1) is 9.24 Å². The molecular formula is C9H13OPS. The first-order valence-corrected chi connectivity index (χ1v) is 5.08. The quantitative estimate of drug-likeness (QED) is 0.582. The maximum absolute atomic E-state index is 5.06. The van der Waals surface area contributed by atoms with E-state index in [1.807, 2.05) is 12.1 Å². The van der Waals surface area contributed by atoms with Gasteiger partial charge in [-0.3, -0.25) is 0 Å². The van der Waals surface area contributed by atoms with Crippen LogP contribution < -0.4 is 4.74 Å². The van der Waals surface area contributed by atoms with Crippen LogP contribution in [-0.4, -0.2) is 12.9 Å². The minimum absolute atomic E-state index is 0.430. The lowest BCUT2D eigenvalue weighted by Crippen LogP contribution is -1.90. The van der Waals surface area contributed by atoms with Gasteiger partial charge in [-0.05, 0) is 17.7 Å². The third-order valence-corrected chi connectivity index (χ3v) is 3.15. The van der Waals surface area contributed by atoms with E-state index < -0.39 is 0 Å². The Balaban J connectivity index is 2.77. The zero-order valence-electron chi connectivity index (χ0n) is 7.03. The first kappa shape index (κ1) is 9.88. The Labute approximate surface area is 81.1 Å². The summed E-state index contributed by atoms with van der Waals surface area (Å²) in [5.74, 6) is 1.74. The van der Waals surface area contributed by atoms with Gasteiger partial charge in [0.2, 0.25) is 0 Å². The second kappa shape index (κ2) is 4.74. The van der Waals surface area contributed by atoms with Crippen molar-refractivity contribution in [3.05, 3.63) is 29.8 Å². The lowest BCUT2D eigenvalue weighted by atomic mass is 10.1. The second-order valence-electron chi connectivity index (χ2n) is 2.56. The molecule has 2 unspecified atom stereocenters. The zero-order valence-corrected chi connectivity index (χ0v) is 9.08. The highest BCUT2D eigenvalue weighted by molar-refractivity contribution is 7.80. The summed E-state index contributed by atoms with van der Waals surface area (Å²) in [6, 6.07) is 8.06. The van der Waals surface area contributed by atoms with Gasteiger partial charge in [-0.25, -0.2) is 0 Å². The minimum Gasteiger partial charge on any atom is -0.497 e. The Morgan fingerprint density at radius 1 is 1.42 bits per heavy atom. The molecule has 0 fully saturated rings. The molecule has 12 heavy (non-hydrogen) atoms. The predicted octanol–water partition coefficient (Wildman–Crippen LogP) is 2.54. The first-order chi connectivity index (χ1) is 5.77. The van der Waals surface area contributed by atoms with Crippen LogP contribution in [0.1, 0.15) is 11.2 Å². The highest BCUT2D eigenvalue weighted by Gasteiger charge is 2.02. The molecule has 0 radical (unpaired) electrons. The summed E-state index contributed by atoms with van der Waals surface area (Å²) in [5.41, 5.74) is 1.70. The number of benzene rings is 1. The van der Waals surface area contributed by atoms with Crippen molar-refractivity contribution in [1.82, 2.24) is 0 Å². The number of hydrogen-bond acceptors (Lipinski definition) is 2. The molecule has 0 aliphatic carbocycles. The summed E-state index contributed by atoms with van der Waals surface area (Å²) in [6.45, 7) is 0. The van der Waals surface area contributed by atoms with Crippen LogP contribution >= 0.6 is 21.9 Å². The minimum atomic E-state index is 0.430. The molecule has 0 aromatic heterocycles. The van der Waals surface area contributed by atoms with E-state index in [4.69, 9.17) is 4.74 Å². The van der Waals surface area contributed by atoms with E-state index in [-0.39, 0.29) is 0 Å². The molecule has 1 nitrogen and oxygen atoms in total. The van der Waals surface area contributed by atoms with Gasteiger partial charge in [-0.2, -0.15) is 12.6 Å². The molecule has 0 aliphatic rings. The van der Waals surface area contributed by atoms with Crippen LogP contribution in [0.2, 0.25) is 0 Å². The zero-order chi connectivity index (χ0) is 8.97. The van der Waals surface area contributed by atoms with E-state index in [9.17, 15) is 0 Å². The Hall–Kier alpha value is -0.200. The average Bonchev–Trinajstić information content (AvgIpc) is 2.17. The van der Waals surface area contributed by atoms with Crippen molar-refractivity contribution in [3.63, 3.8) is 0 Å². The van der Waals surface area contributed by atoms with E-state index in [0.717, 1.165) is 11.5 Å². The number of rotatable bonds is 3. The molecule has 0 N–H and O–H groups in total. The number of hydrogen-bond donors (Lipinski definition) is 1. The fourth-order valence-corrected chi connectivity index (χ4v) is 1.39. The van der Waals surface area contributed by atoms with Gasteiger partial charge in [0.1, 0.15) is 5.75 Å². The van der Waals surface area contributed by atoms with Crippen LogP contribution in [0.4, 0.5) is 0 Å². The fourth-order valence-electron chi connectivity index (χ4n) is 0.957. The van der Waals surface area contributed by atoms with Crippen molar-refractivity contribution in [1.29, 1.82) is 0 Å². The van der Waals surface area contributed by atoms with Crippen LogP contribution in [0.3, 0.4) is 0 Å². The molecule has 1 rings (SSSR count). The van der Waals surface area contributed by atoms with Gasteiger partial charge in [0, 0.05) is 11.4 Å². The van der Waals surface area contributed by atoms with Crippen LogP contribution in [0.25, 0.3) is 0 Å². The summed E-state index contributed by atoms with van der Waals surface area (Å²) in [6.07, 6.45) is 0. The molecule has 0 spiro atoms. The molecule has 2 atom stereocenters. The topological polar surface area (TPSA) is 9.23 Å². The summed E-state index contributed by atoms with van der Waals surface area (Å²) in [5, 5.41) is 0. The van der Waals surface area contributed by atoms with Crippen molar-refractivity contribution in [2.75, 3.05) is 12.9 Å². The Bertz CT molecular complexity index is 235. The first-order valence-electron chi connectivity index (χ1n) is 3.78. The maximum Gasteiger partial charge on any atom is 0.118 e. The molecule has 66 valence electrons. The summed E-state index contributed by atoms with van der Waals surface area (Å²) in [7, 11) is 4.44. The van der Waals surface area contributed by atoms with Gasteiger partial charge in [0.15, 0.2) is 0 Å². The highest BCUT2D eigenvalue weighted by Crippen LogP contribution is 2.25. The summed E-state index contributed by atoms with van der Waals surface area (Å²) in [4.78, 5) is 0. The van der Waals surface area contributed by atoms with Gasteiger partial charge in [0.25, 0.3) is 0 Å². The van der Waals surface area contributed by atoms with E-state index >= 15 is 0 Å². The standard InChI is InChI=1S/C9H13OPS/c1-10-8-4-2-7(3-5-8)9(11)6-12/h2-5,9,12H,6,11H2,1H3. The van der Waals surface area contributed by atoms with Crippen LogP contribution in [-0.2, 0) is 0 Å². The molecule has 3 heteroatoms. The van der Waals surface area contributed by atoms with Gasteiger partial charge in [-0.1, -0.05) is 12.1 Å². The van der Waals surface area contributed by atoms with E-state index in [0.29, 0.717) is 5.66 Å². The summed E-state index contributed by atoms with van der Waals surface area (Å²) < 4.78 is 5.06. The number of thiol groups is 1. The van der Waals surface area contributed by atoms with Crippen LogP contribution in [0.15, 0.2) is 24.3 Å². The Morgan fingerprint density at radius 3 is 2.42 bits per heavy atom. The predicted molar refractivity (Wildman–Crippen MR) is 59.3 cm³/mol. The Kier molecular flexibility index (Phi) is 3.90. The molecule has 1 aromatic rings. The average molecular weight is 200 g/mol. The molecule has 0 saturated heterocycles. The van der Waals surface area contributed by atoms with Crippen LogP contribution in [0.5, 0.6) is 5.75 Å². The summed E-state index contributed by atoms with van der Waals surface area (Å²) >= 11 is 4.22. The third-order valence-electron chi connectivity index (χ3n) is 1.74. The van der Waals surface area contributed by atoms with Gasteiger partial charge >= 0.3 is 0 Å². The molecule has 0 heterocycles. The molecular weight excluding hydrogens is 187 g/mol. The lowest BCUT2D eigenvalue weighted by molar-refractivity contribution is 0.414. The maximum atomic E-state index is 5.06. The van der Waals surface area contributed by atoms with Crippen molar-refractivity contribution in [3.8, 4) is 5.75 Å². The van der Waals surface area contributed by atoms with E-state index in [2.05, 4.69) is 34.0 Å².